The van der Waals surface area contributed by atoms with Crippen LogP contribution in [-0.2, 0) is 10.0 Å². The van der Waals surface area contributed by atoms with Gasteiger partial charge in [-0.25, -0.2) is 13.1 Å². The molecule has 2 aromatic rings. The fraction of sp³-hybridized carbons (Fsp3) is 0.381. The summed E-state index contributed by atoms with van der Waals surface area (Å²) < 4.78 is 27.5. The third kappa shape index (κ3) is 4.85. The van der Waals surface area contributed by atoms with Crippen LogP contribution in [0.5, 0.6) is 0 Å². The van der Waals surface area contributed by atoms with Gasteiger partial charge in [0.05, 0.1) is 10.5 Å². The minimum absolute atomic E-state index is 0.00950. The highest BCUT2D eigenvalue weighted by molar-refractivity contribution is 7.89. The van der Waals surface area contributed by atoms with Crippen LogP contribution >= 0.6 is 0 Å². The Morgan fingerprint density at radius 3 is 2.37 bits per heavy atom. The number of rotatable bonds is 6. The van der Waals surface area contributed by atoms with Gasteiger partial charge in [0.1, 0.15) is 0 Å². The SMILES string of the molecule is O=C(NC1CCN(C(=O)c2cccc(S(=O)(=O)NC3CC3)c2)CC1)c1cccnc1. The van der Waals surface area contributed by atoms with Crippen LogP contribution in [0.4, 0.5) is 0 Å². The number of aromatic nitrogens is 1. The quantitative estimate of drug-likeness (QED) is 0.726. The number of nitrogens with one attached hydrogen (secondary N) is 2. The molecule has 1 saturated carbocycles. The molecule has 30 heavy (non-hydrogen) atoms. The number of hydrogen-bond acceptors (Lipinski definition) is 5. The highest BCUT2D eigenvalue weighted by Crippen LogP contribution is 2.23. The van der Waals surface area contributed by atoms with Crippen molar-refractivity contribution in [3.63, 3.8) is 0 Å². The van der Waals surface area contributed by atoms with Gasteiger partial charge in [0.15, 0.2) is 0 Å². The fourth-order valence-corrected chi connectivity index (χ4v) is 4.81. The van der Waals surface area contributed by atoms with Gasteiger partial charge >= 0.3 is 0 Å². The number of piperidine rings is 1. The van der Waals surface area contributed by atoms with E-state index in [4.69, 9.17) is 0 Å². The molecule has 0 spiro atoms. The van der Waals surface area contributed by atoms with E-state index in [0.29, 0.717) is 37.1 Å². The zero-order chi connectivity index (χ0) is 21.1. The van der Waals surface area contributed by atoms with Crippen molar-refractivity contribution in [2.45, 2.75) is 42.7 Å². The van der Waals surface area contributed by atoms with Crippen molar-refractivity contribution >= 4 is 21.8 Å². The van der Waals surface area contributed by atoms with E-state index in [1.807, 2.05) is 0 Å². The largest absolute Gasteiger partial charge is 0.349 e. The topological polar surface area (TPSA) is 108 Å². The van der Waals surface area contributed by atoms with Gasteiger partial charge in [-0.05, 0) is 56.0 Å². The number of nitrogens with zero attached hydrogens (tertiary/aromatic N) is 2. The number of sulfonamides is 1. The molecule has 2 heterocycles. The van der Waals surface area contributed by atoms with Crippen molar-refractivity contribution in [1.29, 1.82) is 0 Å². The first-order valence-electron chi connectivity index (χ1n) is 10.0. The molecule has 2 N–H and O–H groups in total. The Morgan fingerprint density at radius 2 is 1.70 bits per heavy atom. The summed E-state index contributed by atoms with van der Waals surface area (Å²) in [5.41, 5.74) is 0.861. The van der Waals surface area contributed by atoms with Gasteiger partial charge in [-0.3, -0.25) is 14.6 Å². The maximum atomic E-state index is 12.9. The number of likely N-dealkylation sites (tertiary alicyclic amines) is 1. The molecule has 1 aliphatic heterocycles. The van der Waals surface area contributed by atoms with Crippen molar-refractivity contribution in [2.24, 2.45) is 0 Å². The zero-order valence-electron chi connectivity index (χ0n) is 16.5. The van der Waals surface area contributed by atoms with Gasteiger partial charge in [-0.2, -0.15) is 0 Å². The molecular weight excluding hydrogens is 404 g/mol. The lowest BCUT2D eigenvalue weighted by Gasteiger charge is -2.32. The second-order valence-corrected chi connectivity index (χ2v) is 9.42. The number of carbonyl (C=O) groups excluding carboxylic acids is 2. The van der Waals surface area contributed by atoms with Crippen LogP contribution in [0.1, 0.15) is 46.4 Å². The zero-order valence-corrected chi connectivity index (χ0v) is 17.3. The third-order valence-electron chi connectivity index (χ3n) is 5.33. The highest BCUT2D eigenvalue weighted by atomic mass is 32.2. The van der Waals surface area contributed by atoms with Gasteiger partial charge in [0, 0.05) is 43.1 Å². The van der Waals surface area contributed by atoms with Crippen LogP contribution in [0.15, 0.2) is 53.7 Å². The molecule has 4 rings (SSSR count). The maximum Gasteiger partial charge on any atom is 0.253 e. The molecule has 1 aromatic carbocycles. The summed E-state index contributed by atoms with van der Waals surface area (Å²) in [6.07, 6.45) is 6.11. The fourth-order valence-electron chi connectivity index (χ4n) is 3.46. The van der Waals surface area contributed by atoms with Gasteiger partial charge < -0.3 is 10.2 Å². The first-order valence-corrected chi connectivity index (χ1v) is 11.5. The molecule has 2 aliphatic rings. The van der Waals surface area contributed by atoms with E-state index in [9.17, 15) is 18.0 Å². The smallest absolute Gasteiger partial charge is 0.253 e. The Balaban J connectivity index is 1.35. The minimum atomic E-state index is -3.61. The summed E-state index contributed by atoms with van der Waals surface area (Å²) in [7, 11) is -3.61. The highest BCUT2D eigenvalue weighted by Gasteiger charge is 2.29. The molecule has 9 heteroatoms. The lowest BCUT2D eigenvalue weighted by Crippen LogP contribution is -2.46. The molecule has 8 nitrogen and oxygen atoms in total. The van der Waals surface area contributed by atoms with E-state index in [0.717, 1.165) is 12.8 Å². The number of pyridine rings is 1. The average Bonchev–Trinajstić information content (AvgIpc) is 3.58. The number of benzene rings is 1. The van der Waals surface area contributed by atoms with E-state index in [2.05, 4.69) is 15.0 Å². The van der Waals surface area contributed by atoms with Crippen LogP contribution in [0, 0.1) is 0 Å². The Kier molecular flexibility index (Phi) is 5.83. The standard InChI is InChI=1S/C21H24N4O4S/c26-20(16-4-2-10-22-14-16)23-17-8-11-25(12-9-17)21(27)15-3-1-5-19(13-15)30(28,29)24-18-6-7-18/h1-5,10,13-14,17-18,24H,6-9,11-12H2,(H,23,26). The number of hydrogen-bond donors (Lipinski definition) is 2. The van der Waals surface area contributed by atoms with Crippen LogP contribution in [0.2, 0.25) is 0 Å². The summed E-state index contributed by atoms with van der Waals surface area (Å²) in [5, 5.41) is 2.98. The molecule has 0 bridgehead atoms. The van der Waals surface area contributed by atoms with Gasteiger partial charge in [-0.1, -0.05) is 6.07 Å². The van der Waals surface area contributed by atoms with Crippen molar-refractivity contribution in [3.8, 4) is 0 Å². The summed E-state index contributed by atoms with van der Waals surface area (Å²) >= 11 is 0. The first-order chi connectivity index (χ1) is 14.4. The molecule has 1 aromatic heterocycles. The van der Waals surface area contributed by atoms with E-state index in [-0.39, 0.29) is 28.8 Å². The molecule has 1 aliphatic carbocycles. The minimum Gasteiger partial charge on any atom is -0.349 e. The Labute approximate surface area is 175 Å². The van der Waals surface area contributed by atoms with Crippen LogP contribution in [-0.4, -0.2) is 55.3 Å². The lowest BCUT2D eigenvalue weighted by atomic mass is 10.0. The third-order valence-corrected chi connectivity index (χ3v) is 6.85. The summed E-state index contributed by atoms with van der Waals surface area (Å²) in [6, 6.07) is 9.58. The molecule has 0 unspecified atom stereocenters. The molecule has 2 amide bonds. The Morgan fingerprint density at radius 1 is 0.967 bits per heavy atom. The molecular formula is C21H24N4O4S. The van der Waals surface area contributed by atoms with Crippen LogP contribution < -0.4 is 10.0 Å². The number of carbonyl (C=O) groups is 2. The van der Waals surface area contributed by atoms with Gasteiger partial charge in [-0.15, -0.1) is 0 Å². The second kappa shape index (κ2) is 8.53. The van der Waals surface area contributed by atoms with Crippen LogP contribution in [0.25, 0.3) is 0 Å². The Bertz CT molecular complexity index is 1030. The summed E-state index contributed by atoms with van der Waals surface area (Å²) in [6.45, 7) is 0.988. The average molecular weight is 429 g/mol. The monoisotopic (exact) mass is 428 g/mol. The van der Waals surface area contributed by atoms with Crippen LogP contribution in [0.3, 0.4) is 0 Å². The van der Waals surface area contributed by atoms with E-state index in [1.165, 1.54) is 18.3 Å². The number of amides is 2. The van der Waals surface area contributed by atoms with Gasteiger partial charge in [0.2, 0.25) is 10.0 Å². The molecule has 0 radical (unpaired) electrons. The molecule has 1 saturated heterocycles. The molecule has 2 fully saturated rings. The predicted molar refractivity (Wildman–Crippen MR) is 110 cm³/mol. The van der Waals surface area contributed by atoms with Crippen molar-refractivity contribution in [2.75, 3.05) is 13.1 Å². The van der Waals surface area contributed by atoms with Crippen molar-refractivity contribution in [1.82, 2.24) is 19.9 Å². The van der Waals surface area contributed by atoms with E-state index in [1.54, 1.807) is 35.4 Å². The molecule has 158 valence electrons. The van der Waals surface area contributed by atoms with E-state index < -0.39 is 10.0 Å². The Hall–Kier alpha value is -2.78. The lowest BCUT2D eigenvalue weighted by molar-refractivity contribution is 0.0698. The van der Waals surface area contributed by atoms with Crippen molar-refractivity contribution < 1.29 is 18.0 Å². The van der Waals surface area contributed by atoms with Gasteiger partial charge in [0.25, 0.3) is 11.8 Å². The predicted octanol–water partition coefficient (Wildman–Crippen LogP) is 1.56. The van der Waals surface area contributed by atoms with Crippen molar-refractivity contribution in [3.05, 3.63) is 59.9 Å². The summed E-state index contributed by atoms with van der Waals surface area (Å²) in [5.74, 6) is -0.371. The first kappa shape index (κ1) is 20.5. The molecule has 0 atom stereocenters. The second-order valence-electron chi connectivity index (χ2n) is 7.71. The maximum absolute atomic E-state index is 12.9. The normalized spacial score (nSPS) is 17.5. The van der Waals surface area contributed by atoms with E-state index >= 15 is 0 Å². The summed E-state index contributed by atoms with van der Waals surface area (Å²) in [4.78, 5) is 30.9.